The number of nitrogens with two attached hydrogens (primary N) is 1. The summed E-state index contributed by atoms with van der Waals surface area (Å²) in [5, 5.41) is 2.27. The molecule has 2 aromatic rings. The molecule has 0 unspecified atom stereocenters. The number of pyridine rings is 1. The van der Waals surface area contributed by atoms with Crippen molar-refractivity contribution in [2.75, 3.05) is 17.2 Å². The van der Waals surface area contributed by atoms with Crippen LogP contribution in [0.25, 0.3) is 10.8 Å². The Morgan fingerprint density at radius 2 is 1.95 bits per heavy atom. The van der Waals surface area contributed by atoms with E-state index in [2.05, 4.69) is 42.8 Å². The summed E-state index contributed by atoms with van der Waals surface area (Å²) in [6, 6.07) is 6.78. The number of hydrogen-bond acceptors (Lipinski definition) is 3. The average molecular weight is 285 g/mol. The number of nitrogen functional groups attached to an aromatic ring is 1. The van der Waals surface area contributed by atoms with Crippen molar-refractivity contribution in [1.29, 1.82) is 0 Å². The minimum Gasteiger partial charge on any atom is -0.398 e. The van der Waals surface area contributed by atoms with Crippen molar-refractivity contribution in [3.63, 3.8) is 0 Å². The van der Waals surface area contributed by atoms with Crippen LogP contribution in [0, 0.1) is 6.92 Å². The zero-order valence-corrected chi connectivity index (χ0v) is 13.7. The zero-order chi connectivity index (χ0) is 15.4. The minimum absolute atomic E-state index is 0.474. The molecule has 3 heteroatoms. The molecule has 1 aromatic carbocycles. The summed E-state index contributed by atoms with van der Waals surface area (Å²) in [7, 11) is 0. The van der Waals surface area contributed by atoms with Crippen LogP contribution in [0.15, 0.2) is 24.4 Å². The summed E-state index contributed by atoms with van der Waals surface area (Å²) >= 11 is 0. The molecule has 0 saturated heterocycles. The lowest BCUT2D eigenvalue weighted by Crippen LogP contribution is -2.32. The summed E-state index contributed by atoms with van der Waals surface area (Å²) in [5.41, 5.74) is 9.23. The fourth-order valence-electron chi connectivity index (χ4n) is 2.79. The molecule has 0 aliphatic heterocycles. The van der Waals surface area contributed by atoms with Gasteiger partial charge < -0.3 is 10.6 Å². The molecule has 0 atom stereocenters. The quantitative estimate of drug-likeness (QED) is 0.626. The maximum atomic E-state index is 6.11. The van der Waals surface area contributed by atoms with Gasteiger partial charge in [0.05, 0.1) is 0 Å². The number of aromatic nitrogens is 1. The second-order valence-corrected chi connectivity index (χ2v) is 6.04. The molecule has 1 heterocycles. The summed E-state index contributed by atoms with van der Waals surface area (Å²) in [5.74, 6) is 0. The first-order valence-corrected chi connectivity index (χ1v) is 7.96. The van der Waals surface area contributed by atoms with Crippen LogP contribution in [0.4, 0.5) is 11.4 Å². The monoisotopic (exact) mass is 285 g/mol. The molecule has 2 N–H and O–H groups in total. The van der Waals surface area contributed by atoms with Gasteiger partial charge in [-0.2, -0.15) is 0 Å². The number of unbranched alkanes of at least 4 members (excludes halogenated alkanes) is 2. The molecule has 0 aliphatic carbocycles. The van der Waals surface area contributed by atoms with Gasteiger partial charge >= 0.3 is 0 Å². The number of benzene rings is 1. The third-order valence-electron chi connectivity index (χ3n) is 3.98. The van der Waals surface area contributed by atoms with Gasteiger partial charge in [0.15, 0.2) is 0 Å². The molecule has 0 radical (unpaired) electrons. The molecular weight excluding hydrogens is 258 g/mol. The van der Waals surface area contributed by atoms with Crippen molar-refractivity contribution >= 4 is 22.1 Å². The van der Waals surface area contributed by atoms with Crippen LogP contribution in [0.5, 0.6) is 0 Å². The van der Waals surface area contributed by atoms with Crippen molar-refractivity contribution < 1.29 is 0 Å². The van der Waals surface area contributed by atoms with E-state index < -0.39 is 0 Å². The van der Waals surface area contributed by atoms with E-state index in [1.54, 1.807) is 0 Å². The number of hydrogen-bond donors (Lipinski definition) is 1. The van der Waals surface area contributed by atoms with Crippen molar-refractivity contribution in [1.82, 2.24) is 4.98 Å². The van der Waals surface area contributed by atoms with E-state index in [0.29, 0.717) is 6.04 Å². The first-order valence-electron chi connectivity index (χ1n) is 7.96. The Hall–Kier alpha value is -1.77. The summed E-state index contributed by atoms with van der Waals surface area (Å²) < 4.78 is 0. The summed E-state index contributed by atoms with van der Waals surface area (Å²) in [6.07, 6.45) is 5.65. The molecule has 0 saturated carbocycles. The fraction of sp³-hybridized carbons (Fsp3) is 0.500. The van der Waals surface area contributed by atoms with Crippen molar-refractivity contribution in [2.45, 2.75) is 53.0 Å². The maximum absolute atomic E-state index is 6.11. The van der Waals surface area contributed by atoms with Crippen LogP contribution in [-0.2, 0) is 0 Å². The van der Waals surface area contributed by atoms with Crippen molar-refractivity contribution in [2.24, 2.45) is 0 Å². The number of nitrogens with zero attached hydrogens (tertiary/aromatic N) is 2. The van der Waals surface area contributed by atoms with Crippen LogP contribution in [0.2, 0.25) is 0 Å². The molecule has 21 heavy (non-hydrogen) atoms. The highest BCUT2D eigenvalue weighted by Gasteiger charge is 2.14. The number of rotatable bonds is 6. The molecule has 0 fully saturated rings. The van der Waals surface area contributed by atoms with Gasteiger partial charge in [-0.3, -0.25) is 4.98 Å². The molecule has 0 aliphatic rings. The van der Waals surface area contributed by atoms with E-state index in [0.717, 1.165) is 23.3 Å². The number of anilines is 2. The SMILES string of the molecule is CCCCCN(c1ccc(N)c2cnc(C)cc12)C(C)C. The van der Waals surface area contributed by atoms with Gasteiger partial charge in [-0.25, -0.2) is 0 Å². The smallest absolute Gasteiger partial charge is 0.0450 e. The highest BCUT2D eigenvalue weighted by Crippen LogP contribution is 2.32. The van der Waals surface area contributed by atoms with E-state index in [1.165, 1.54) is 30.3 Å². The lowest BCUT2D eigenvalue weighted by molar-refractivity contribution is 0.627. The molecule has 1 aromatic heterocycles. The molecule has 0 spiro atoms. The predicted octanol–water partition coefficient (Wildman–Crippen LogP) is 4.53. The first kappa shape index (κ1) is 15.6. The van der Waals surface area contributed by atoms with E-state index in [4.69, 9.17) is 5.73 Å². The van der Waals surface area contributed by atoms with Gasteiger partial charge in [-0.1, -0.05) is 19.8 Å². The summed E-state index contributed by atoms with van der Waals surface area (Å²) in [4.78, 5) is 6.87. The molecule has 114 valence electrons. The van der Waals surface area contributed by atoms with Gasteiger partial charge in [0.1, 0.15) is 0 Å². The van der Waals surface area contributed by atoms with Crippen LogP contribution < -0.4 is 10.6 Å². The highest BCUT2D eigenvalue weighted by molar-refractivity contribution is 6.01. The van der Waals surface area contributed by atoms with Gasteiger partial charge in [0.25, 0.3) is 0 Å². The van der Waals surface area contributed by atoms with E-state index >= 15 is 0 Å². The second kappa shape index (κ2) is 6.79. The van der Waals surface area contributed by atoms with Crippen LogP contribution in [0.3, 0.4) is 0 Å². The third kappa shape index (κ3) is 3.46. The fourth-order valence-corrected chi connectivity index (χ4v) is 2.79. The Balaban J connectivity index is 2.47. The Kier molecular flexibility index (Phi) is 5.05. The maximum Gasteiger partial charge on any atom is 0.0450 e. The molecule has 0 amide bonds. The molecular formula is C18H27N3. The van der Waals surface area contributed by atoms with E-state index in [9.17, 15) is 0 Å². The lowest BCUT2D eigenvalue weighted by atomic mass is 10.1. The zero-order valence-electron chi connectivity index (χ0n) is 13.7. The topological polar surface area (TPSA) is 42.1 Å². The van der Waals surface area contributed by atoms with Crippen molar-refractivity contribution in [3.8, 4) is 0 Å². The second-order valence-electron chi connectivity index (χ2n) is 6.04. The Labute approximate surface area is 128 Å². The molecule has 0 bridgehead atoms. The largest absolute Gasteiger partial charge is 0.398 e. The average Bonchev–Trinajstić information content (AvgIpc) is 2.44. The predicted molar refractivity (Wildman–Crippen MR) is 92.9 cm³/mol. The van der Waals surface area contributed by atoms with Crippen LogP contribution in [-0.4, -0.2) is 17.6 Å². The van der Waals surface area contributed by atoms with E-state index in [1.807, 2.05) is 19.2 Å². The van der Waals surface area contributed by atoms with Crippen LogP contribution >= 0.6 is 0 Å². The highest BCUT2D eigenvalue weighted by atomic mass is 15.1. The number of fused-ring (bicyclic) bond motifs is 1. The van der Waals surface area contributed by atoms with Gasteiger partial charge in [-0.05, 0) is 45.4 Å². The van der Waals surface area contributed by atoms with Crippen molar-refractivity contribution in [3.05, 3.63) is 30.1 Å². The van der Waals surface area contributed by atoms with Gasteiger partial charge in [-0.15, -0.1) is 0 Å². The Morgan fingerprint density at radius 1 is 1.19 bits per heavy atom. The van der Waals surface area contributed by atoms with Gasteiger partial charge in [0, 0.05) is 46.6 Å². The van der Waals surface area contributed by atoms with E-state index in [-0.39, 0.29) is 0 Å². The molecule has 3 nitrogen and oxygen atoms in total. The third-order valence-corrected chi connectivity index (χ3v) is 3.98. The number of aryl methyl sites for hydroxylation is 1. The normalized spacial score (nSPS) is 11.3. The molecule has 2 rings (SSSR count). The first-order chi connectivity index (χ1) is 10.0. The van der Waals surface area contributed by atoms with Gasteiger partial charge in [0.2, 0.25) is 0 Å². The van der Waals surface area contributed by atoms with Crippen LogP contribution in [0.1, 0.15) is 45.7 Å². The minimum atomic E-state index is 0.474. The Bertz CT molecular complexity index is 605. The lowest BCUT2D eigenvalue weighted by Gasteiger charge is -2.30. The Morgan fingerprint density at radius 3 is 2.62 bits per heavy atom. The summed E-state index contributed by atoms with van der Waals surface area (Å²) in [6.45, 7) is 9.87. The standard InChI is InChI=1S/C18H27N3/c1-5-6-7-10-21(13(2)3)18-9-8-17(19)16-12-20-14(4)11-15(16)18/h8-9,11-13H,5-7,10,19H2,1-4H3.